The van der Waals surface area contributed by atoms with E-state index >= 15 is 0 Å². The molecule has 0 radical (unpaired) electrons. The Morgan fingerprint density at radius 3 is 2.68 bits per heavy atom. The summed E-state index contributed by atoms with van der Waals surface area (Å²) in [6.07, 6.45) is 3.12. The van der Waals surface area contributed by atoms with Crippen LogP contribution in [0.3, 0.4) is 0 Å². The molecule has 0 aliphatic carbocycles. The van der Waals surface area contributed by atoms with Crippen LogP contribution in [0.15, 0.2) is 34.9 Å². The van der Waals surface area contributed by atoms with Gasteiger partial charge in [0.05, 0.1) is 5.92 Å². The lowest BCUT2D eigenvalue weighted by molar-refractivity contribution is -0.138. The minimum atomic E-state index is -0.958. The SMILES string of the molecule is CCCc1noc(CCCC(=O)NCC(C(=O)O)c2ccccc2)n1. The molecule has 0 aliphatic heterocycles. The normalized spacial score (nSPS) is 11.9. The number of amides is 1. The molecule has 134 valence electrons. The van der Waals surface area contributed by atoms with Gasteiger partial charge in [-0.15, -0.1) is 0 Å². The van der Waals surface area contributed by atoms with Crippen molar-refractivity contribution in [3.63, 3.8) is 0 Å². The molecule has 0 saturated heterocycles. The summed E-state index contributed by atoms with van der Waals surface area (Å²) in [6.45, 7) is 2.11. The second-order valence-electron chi connectivity index (χ2n) is 5.81. The van der Waals surface area contributed by atoms with Gasteiger partial charge in [0.1, 0.15) is 0 Å². The summed E-state index contributed by atoms with van der Waals surface area (Å²) in [5.41, 5.74) is 0.671. The van der Waals surface area contributed by atoms with Gasteiger partial charge < -0.3 is 14.9 Å². The Morgan fingerprint density at radius 1 is 1.24 bits per heavy atom. The Kier molecular flexibility index (Phi) is 7.13. The number of nitrogens with one attached hydrogen (secondary N) is 1. The topological polar surface area (TPSA) is 105 Å². The highest BCUT2D eigenvalue weighted by Gasteiger charge is 2.20. The lowest BCUT2D eigenvalue weighted by atomic mass is 9.99. The number of rotatable bonds is 10. The number of aryl methyl sites for hydroxylation is 2. The van der Waals surface area contributed by atoms with Crippen molar-refractivity contribution in [3.05, 3.63) is 47.6 Å². The molecule has 0 fully saturated rings. The Morgan fingerprint density at radius 2 is 2.00 bits per heavy atom. The van der Waals surface area contributed by atoms with E-state index in [2.05, 4.69) is 15.5 Å². The summed E-state index contributed by atoms with van der Waals surface area (Å²) in [5.74, 6) is -0.674. The van der Waals surface area contributed by atoms with E-state index in [1.807, 2.05) is 13.0 Å². The number of carbonyl (C=O) groups is 2. The fourth-order valence-electron chi connectivity index (χ4n) is 2.45. The fraction of sp³-hybridized carbons (Fsp3) is 0.444. The largest absolute Gasteiger partial charge is 0.481 e. The van der Waals surface area contributed by atoms with Gasteiger partial charge in [0, 0.05) is 25.8 Å². The van der Waals surface area contributed by atoms with E-state index in [1.165, 1.54) is 0 Å². The molecular weight excluding hydrogens is 322 g/mol. The third-order valence-corrected chi connectivity index (χ3v) is 3.78. The van der Waals surface area contributed by atoms with Gasteiger partial charge in [0.25, 0.3) is 0 Å². The first-order valence-corrected chi connectivity index (χ1v) is 8.46. The number of aromatic nitrogens is 2. The maximum Gasteiger partial charge on any atom is 0.312 e. The lowest BCUT2D eigenvalue weighted by Crippen LogP contribution is -2.31. The van der Waals surface area contributed by atoms with Crippen LogP contribution < -0.4 is 5.32 Å². The first kappa shape index (κ1) is 18.6. The van der Waals surface area contributed by atoms with E-state index < -0.39 is 11.9 Å². The van der Waals surface area contributed by atoms with E-state index in [1.54, 1.807) is 24.3 Å². The minimum Gasteiger partial charge on any atom is -0.481 e. The molecule has 2 N–H and O–H groups in total. The van der Waals surface area contributed by atoms with Crippen molar-refractivity contribution in [1.29, 1.82) is 0 Å². The van der Waals surface area contributed by atoms with Gasteiger partial charge in [-0.1, -0.05) is 42.4 Å². The maximum absolute atomic E-state index is 11.9. The molecule has 7 heteroatoms. The van der Waals surface area contributed by atoms with Crippen molar-refractivity contribution in [2.45, 2.75) is 44.9 Å². The summed E-state index contributed by atoms with van der Waals surface area (Å²) in [5, 5.41) is 15.9. The molecule has 1 aromatic heterocycles. The fourth-order valence-corrected chi connectivity index (χ4v) is 2.45. The minimum absolute atomic E-state index is 0.0688. The van der Waals surface area contributed by atoms with Gasteiger partial charge in [0.2, 0.25) is 11.8 Å². The third kappa shape index (κ3) is 6.02. The zero-order valence-electron chi connectivity index (χ0n) is 14.3. The van der Waals surface area contributed by atoms with Gasteiger partial charge in [-0.05, 0) is 18.4 Å². The number of aliphatic carboxylic acids is 1. The van der Waals surface area contributed by atoms with Crippen LogP contribution in [0.2, 0.25) is 0 Å². The van der Waals surface area contributed by atoms with Crippen LogP contribution in [0.4, 0.5) is 0 Å². The number of hydrogen-bond acceptors (Lipinski definition) is 5. The highest BCUT2D eigenvalue weighted by molar-refractivity contribution is 5.79. The van der Waals surface area contributed by atoms with Crippen molar-refractivity contribution < 1.29 is 19.2 Å². The Bertz CT molecular complexity index is 685. The van der Waals surface area contributed by atoms with Crippen LogP contribution in [0.25, 0.3) is 0 Å². The van der Waals surface area contributed by atoms with E-state index in [0.29, 0.717) is 30.1 Å². The molecule has 1 aromatic carbocycles. The van der Waals surface area contributed by atoms with Gasteiger partial charge in [-0.2, -0.15) is 4.98 Å². The van der Waals surface area contributed by atoms with E-state index in [4.69, 9.17) is 4.52 Å². The molecule has 0 saturated carbocycles. The summed E-state index contributed by atoms with van der Waals surface area (Å²) < 4.78 is 5.12. The molecule has 2 rings (SSSR count). The standard InChI is InChI=1S/C18H23N3O4/c1-2-7-15-20-17(25-21-15)11-6-10-16(22)19-12-14(18(23)24)13-8-4-3-5-9-13/h3-5,8-9,14H,2,6-7,10-12H2,1H3,(H,19,22)(H,23,24). The number of carboxylic acid groups (broad SMARTS) is 1. The third-order valence-electron chi connectivity index (χ3n) is 3.78. The second kappa shape index (κ2) is 9.56. The van der Waals surface area contributed by atoms with E-state index in [-0.39, 0.29) is 18.9 Å². The lowest BCUT2D eigenvalue weighted by Gasteiger charge is -2.13. The number of hydrogen-bond donors (Lipinski definition) is 2. The molecular formula is C18H23N3O4. The van der Waals surface area contributed by atoms with Crippen molar-refractivity contribution in [1.82, 2.24) is 15.5 Å². The van der Waals surface area contributed by atoms with Crippen molar-refractivity contribution >= 4 is 11.9 Å². The van der Waals surface area contributed by atoms with Gasteiger partial charge in [-0.25, -0.2) is 0 Å². The average Bonchev–Trinajstić information content (AvgIpc) is 3.03. The predicted molar refractivity (Wildman–Crippen MR) is 91.1 cm³/mol. The number of carbonyl (C=O) groups excluding carboxylic acids is 1. The monoisotopic (exact) mass is 345 g/mol. The average molecular weight is 345 g/mol. The molecule has 25 heavy (non-hydrogen) atoms. The Balaban J connectivity index is 1.74. The highest BCUT2D eigenvalue weighted by atomic mass is 16.5. The van der Waals surface area contributed by atoms with E-state index in [9.17, 15) is 14.7 Å². The van der Waals surface area contributed by atoms with E-state index in [0.717, 1.165) is 12.8 Å². The maximum atomic E-state index is 11.9. The first-order valence-electron chi connectivity index (χ1n) is 8.46. The molecule has 0 bridgehead atoms. The quantitative estimate of drug-likeness (QED) is 0.685. The molecule has 1 unspecified atom stereocenters. The van der Waals surface area contributed by atoms with Crippen LogP contribution in [-0.4, -0.2) is 33.7 Å². The van der Waals surface area contributed by atoms with Gasteiger partial charge in [-0.3, -0.25) is 9.59 Å². The molecule has 2 aromatic rings. The van der Waals surface area contributed by atoms with Crippen molar-refractivity contribution in [3.8, 4) is 0 Å². The summed E-state index contributed by atoms with van der Waals surface area (Å²) in [7, 11) is 0. The number of carboxylic acids is 1. The van der Waals surface area contributed by atoms with Crippen LogP contribution in [0, 0.1) is 0 Å². The molecule has 0 spiro atoms. The van der Waals surface area contributed by atoms with Crippen LogP contribution in [0.5, 0.6) is 0 Å². The van der Waals surface area contributed by atoms with Gasteiger partial charge in [0.15, 0.2) is 5.82 Å². The molecule has 1 amide bonds. The molecule has 1 atom stereocenters. The zero-order valence-corrected chi connectivity index (χ0v) is 14.3. The highest BCUT2D eigenvalue weighted by Crippen LogP contribution is 2.15. The van der Waals surface area contributed by atoms with Crippen LogP contribution in [0.1, 0.15) is 49.4 Å². The first-order chi connectivity index (χ1) is 12.1. The van der Waals surface area contributed by atoms with Gasteiger partial charge >= 0.3 is 5.97 Å². The van der Waals surface area contributed by atoms with Crippen LogP contribution in [-0.2, 0) is 22.4 Å². The van der Waals surface area contributed by atoms with Crippen LogP contribution >= 0.6 is 0 Å². The Hall–Kier alpha value is -2.70. The predicted octanol–water partition coefficient (Wildman–Crippen LogP) is 2.33. The molecule has 0 aliphatic rings. The molecule has 1 heterocycles. The van der Waals surface area contributed by atoms with Crippen molar-refractivity contribution in [2.75, 3.05) is 6.54 Å². The number of nitrogens with zero attached hydrogens (tertiary/aromatic N) is 2. The second-order valence-corrected chi connectivity index (χ2v) is 5.81. The molecule has 7 nitrogen and oxygen atoms in total. The summed E-state index contributed by atoms with van der Waals surface area (Å²) in [6, 6.07) is 8.88. The summed E-state index contributed by atoms with van der Waals surface area (Å²) in [4.78, 5) is 27.6. The Labute approximate surface area is 146 Å². The smallest absolute Gasteiger partial charge is 0.312 e. The summed E-state index contributed by atoms with van der Waals surface area (Å²) >= 11 is 0. The zero-order chi connectivity index (χ0) is 18.1. The number of benzene rings is 1. The van der Waals surface area contributed by atoms with Crippen molar-refractivity contribution in [2.24, 2.45) is 0 Å².